The number of guanidine groups is 1. The number of rotatable bonds is 6. The van der Waals surface area contributed by atoms with Crippen LogP contribution in [0.4, 0.5) is 0 Å². The molecule has 0 bridgehead atoms. The molecule has 0 aromatic heterocycles. The average molecular weight is 386 g/mol. The molecule has 25 heavy (non-hydrogen) atoms. The third-order valence-corrected chi connectivity index (χ3v) is 5.08. The number of nitrogens with zero attached hydrogens (tertiary/aromatic N) is 3. The number of halogens is 2. The van der Waals surface area contributed by atoms with Crippen LogP contribution in [0.3, 0.4) is 0 Å². The van der Waals surface area contributed by atoms with Crippen molar-refractivity contribution < 1.29 is 0 Å². The molecule has 1 aliphatic heterocycles. The number of nitrogens with one attached hydrogen (secondary N) is 1. The van der Waals surface area contributed by atoms with E-state index in [1.807, 2.05) is 19.1 Å². The van der Waals surface area contributed by atoms with Crippen molar-refractivity contribution in [3.05, 3.63) is 33.8 Å². The molecule has 1 heterocycles. The highest BCUT2D eigenvalue weighted by molar-refractivity contribution is 6.35. The van der Waals surface area contributed by atoms with Crippen LogP contribution in [0.25, 0.3) is 0 Å². The Balaban J connectivity index is 1.73. The van der Waals surface area contributed by atoms with E-state index in [0.717, 1.165) is 38.2 Å². The number of hydrogen-bond acceptors (Lipinski definition) is 3. The van der Waals surface area contributed by atoms with Crippen LogP contribution in [0.1, 0.15) is 31.4 Å². The van der Waals surface area contributed by atoms with Gasteiger partial charge in [0.05, 0.1) is 6.04 Å². The SMILES string of the molecule is CC(NC(N)=NCCCN1CCCN(C)CC1)c1ccc(Cl)cc1Cl. The predicted molar refractivity (Wildman–Crippen MR) is 108 cm³/mol. The molecule has 7 heteroatoms. The van der Waals surface area contributed by atoms with E-state index in [-0.39, 0.29) is 6.04 Å². The van der Waals surface area contributed by atoms with Gasteiger partial charge >= 0.3 is 0 Å². The molecule has 1 saturated heterocycles. The first kappa shape index (κ1) is 20.3. The third-order valence-electron chi connectivity index (χ3n) is 4.52. The molecule has 0 amide bonds. The maximum absolute atomic E-state index is 6.23. The Kier molecular flexibility index (Phi) is 8.30. The molecular weight excluding hydrogens is 357 g/mol. The molecule has 0 spiro atoms. The van der Waals surface area contributed by atoms with E-state index in [1.165, 1.54) is 19.5 Å². The van der Waals surface area contributed by atoms with E-state index in [2.05, 4.69) is 27.2 Å². The van der Waals surface area contributed by atoms with Gasteiger partial charge in [0.2, 0.25) is 0 Å². The fraction of sp³-hybridized carbons (Fsp3) is 0.611. The van der Waals surface area contributed by atoms with Crippen molar-refractivity contribution in [3.8, 4) is 0 Å². The maximum atomic E-state index is 6.23. The van der Waals surface area contributed by atoms with Crippen LogP contribution in [0.5, 0.6) is 0 Å². The second-order valence-corrected chi connectivity index (χ2v) is 7.49. The van der Waals surface area contributed by atoms with Crippen molar-refractivity contribution in [1.29, 1.82) is 0 Å². The van der Waals surface area contributed by atoms with Gasteiger partial charge in [-0.3, -0.25) is 4.99 Å². The summed E-state index contributed by atoms with van der Waals surface area (Å²) in [5, 5.41) is 4.45. The fourth-order valence-electron chi connectivity index (χ4n) is 3.02. The smallest absolute Gasteiger partial charge is 0.189 e. The lowest BCUT2D eigenvalue weighted by Crippen LogP contribution is -2.34. The van der Waals surface area contributed by atoms with Gasteiger partial charge in [-0.05, 0) is 64.1 Å². The van der Waals surface area contributed by atoms with Gasteiger partial charge in [-0.15, -0.1) is 0 Å². The van der Waals surface area contributed by atoms with E-state index < -0.39 is 0 Å². The highest BCUT2D eigenvalue weighted by Crippen LogP contribution is 2.25. The van der Waals surface area contributed by atoms with Crippen LogP contribution < -0.4 is 11.1 Å². The minimum Gasteiger partial charge on any atom is -0.370 e. The molecule has 5 nitrogen and oxygen atoms in total. The zero-order valence-corrected chi connectivity index (χ0v) is 16.7. The first-order valence-electron chi connectivity index (χ1n) is 8.88. The van der Waals surface area contributed by atoms with Gasteiger partial charge in [-0.2, -0.15) is 0 Å². The minimum absolute atomic E-state index is 0.0188. The molecule has 1 unspecified atom stereocenters. The van der Waals surface area contributed by atoms with Gasteiger partial charge in [0, 0.05) is 29.7 Å². The first-order chi connectivity index (χ1) is 12.0. The zero-order chi connectivity index (χ0) is 18.2. The van der Waals surface area contributed by atoms with Gasteiger partial charge < -0.3 is 20.9 Å². The van der Waals surface area contributed by atoms with Crippen molar-refractivity contribution in [2.45, 2.75) is 25.8 Å². The molecule has 2 rings (SSSR count). The predicted octanol–water partition coefficient (Wildman–Crippen LogP) is 2.99. The Bertz CT molecular complexity index is 579. The second-order valence-electron chi connectivity index (χ2n) is 6.65. The molecule has 0 radical (unpaired) electrons. The van der Waals surface area contributed by atoms with Crippen molar-refractivity contribution in [1.82, 2.24) is 15.1 Å². The Morgan fingerprint density at radius 2 is 2.08 bits per heavy atom. The Morgan fingerprint density at radius 3 is 2.84 bits per heavy atom. The molecule has 1 fully saturated rings. The topological polar surface area (TPSA) is 56.9 Å². The monoisotopic (exact) mass is 385 g/mol. The average Bonchev–Trinajstić information content (AvgIpc) is 2.76. The molecule has 140 valence electrons. The van der Waals surface area contributed by atoms with Crippen LogP contribution in [0.2, 0.25) is 10.0 Å². The van der Waals surface area contributed by atoms with Gasteiger partial charge in [-0.25, -0.2) is 0 Å². The molecule has 1 atom stereocenters. The number of nitrogens with two attached hydrogens (primary N) is 1. The first-order valence-corrected chi connectivity index (χ1v) is 9.63. The summed E-state index contributed by atoms with van der Waals surface area (Å²) in [6.07, 6.45) is 2.25. The summed E-state index contributed by atoms with van der Waals surface area (Å²) in [5.41, 5.74) is 6.96. The highest BCUT2D eigenvalue weighted by Gasteiger charge is 2.12. The molecule has 0 saturated carbocycles. The lowest BCUT2D eigenvalue weighted by molar-refractivity contribution is 0.275. The van der Waals surface area contributed by atoms with E-state index in [1.54, 1.807) is 6.07 Å². The van der Waals surface area contributed by atoms with E-state index in [0.29, 0.717) is 16.0 Å². The number of benzene rings is 1. The largest absolute Gasteiger partial charge is 0.370 e. The zero-order valence-electron chi connectivity index (χ0n) is 15.1. The summed E-state index contributed by atoms with van der Waals surface area (Å²) in [7, 11) is 2.19. The number of likely N-dealkylation sites (N-methyl/N-ethyl adjacent to an activating group) is 1. The van der Waals surface area contributed by atoms with E-state index >= 15 is 0 Å². The molecule has 1 aromatic carbocycles. The van der Waals surface area contributed by atoms with Gasteiger partial charge in [0.1, 0.15) is 0 Å². The van der Waals surface area contributed by atoms with Crippen LogP contribution in [0, 0.1) is 0 Å². The molecule has 0 aliphatic carbocycles. The number of aliphatic imine (C=N–C) groups is 1. The van der Waals surface area contributed by atoms with Crippen molar-refractivity contribution in [2.24, 2.45) is 10.7 Å². The standard InChI is InChI=1S/C18H29Cl2N5/c1-14(16-6-5-15(19)13-17(16)20)23-18(21)22-7-3-9-25-10-4-8-24(2)11-12-25/h5-6,13-14H,3-4,7-12H2,1-2H3,(H3,21,22,23). The van der Waals surface area contributed by atoms with Crippen LogP contribution in [-0.4, -0.2) is 62.1 Å². The van der Waals surface area contributed by atoms with Crippen LogP contribution in [-0.2, 0) is 0 Å². The summed E-state index contributed by atoms with van der Waals surface area (Å²) in [6, 6.07) is 5.45. The summed E-state index contributed by atoms with van der Waals surface area (Å²) in [4.78, 5) is 9.34. The molecule has 1 aliphatic rings. The number of hydrogen-bond donors (Lipinski definition) is 2. The highest BCUT2D eigenvalue weighted by atomic mass is 35.5. The third kappa shape index (κ3) is 7.02. The Morgan fingerprint density at radius 1 is 1.28 bits per heavy atom. The molecule has 3 N–H and O–H groups in total. The normalized spacial score (nSPS) is 18.8. The lowest BCUT2D eigenvalue weighted by Gasteiger charge is -2.19. The fourth-order valence-corrected chi connectivity index (χ4v) is 3.59. The van der Waals surface area contributed by atoms with Gasteiger partial charge in [0.15, 0.2) is 5.96 Å². The summed E-state index contributed by atoms with van der Waals surface area (Å²) < 4.78 is 0. The molecule has 1 aromatic rings. The van der Waals surface area contributed by atoms with Gasteiger partial charge in [-0.1, -0.05) is 29.3 Å². The Labute approximate surface area is 161 Å². The van der Waals surface area contributed by atoms with Gasteiger partial charge in [0.25, 0.3) is 0 Å². The second kappa shape index (κ2) is 10.2. The molecular formula is C18H29Cl2N5. The van der Waals surface area contributed by atoms with Crippen LogP contribution in [0.15, 0.2) is 23.2 Å². The van der Waals surface area contributed by atoms with Crippen molar-refractivity contribution in [3.63, 3.8) is 0 Å². The summed E-state index contributed by atoms with van der Waals surface area (Å²) >= 11 is 12.2. The maximum Gasteiger partial charge on any atom is 0.189 e. The van der Waals surface area contributed by atoms with E-state index in [9.17, 15) is 0 Å². The van der Waals surface area contributed by atoms with E-state index in [4.69, 9.17) is 28.9 Å². The minimum atomic E-state index is -0.0188. The van der Waals surface area contributed by atoms with Crippen molar-refractivity contribution >= 4 is 29.2 Å². The Hall–Kier alpha value is -1.01. The summed E-state index contributed by atoms with van der Waals surface area (Å²) in [5.74, 6) is 0.453. The summed E-state index contributed by atoms with van der Waals surface area (Å²) in [6.45, 7) is 8.46. The van der Waals surface area contributed by atoms with Crippen molar-refractivity contribution in [2.75, 3.05) is 46.3 Å². The quantitative estimate of drug-likeness (QED) is 0.448. The lowest BCUT2D eigenvalue weighted by atomic mass is 10.1. The van der Waals surface area contributed by atoms with Crippen LogP contribution >= 0.6 is 23.2 Å².